The SMILES string of the molecule is CC1CCC(CNC(=O)CC2=CCCCC2)CC1.Cc1nc(N(C)C)c2ccccc2n1. The summed E-state index contributed by atoms with van der Waals surface area (Å²) in [5, 5.41) is 4.23. The minimum absolute atomic E-state index is 0.238. The molecule has 174 valence electrons. The number of aryl methyl sites for hydroxylation is 1. The van der Waals surface area contributed by atoms with Gasteiger partial charge in [0.25, 0.3) is 0 Å². The minimum atomic E-state index is 0.238. The molecule has 1 N–H and O–H groups in total. The number of carbonyl (C=O) groups excluding carboxylic acids is 1. The summed E-state index contributed by atoms with van der Waals surface area (Å²) in [5.74, 6) is 3.65. The maximum absolute atomic E-state index is 11.9. The molecular formula is C27H40N4O. The Labute approximate surface area is 193 Å². The maximum atomic E-state index is 11.9. The van der Waals surface area contributed by atoms with E-state index in [1.807, 2.05) is 50.2 Å². The molecule has 0 bridgehead atoms. The van der Waals surface area contributed by atoms with E-state index >= 15 is 0 Å². The fraction of sp³-hybridized carbons (Fsp3) is 0.593. The van der Waals surface area contributed by atoms with Crippen LogP contribution >= 0.6 is 0 Å². The van der Waals surface area contributed by atoms with Crippen LogP contribution < -0.4 is 10.2 Å². The Balaban J connectivity index is 0.000000186. The number of para-hydroxylation sites is 1. The van der Waals surface area contributed by atoms with Crippen LogP contribution in [0.2, 0.25) is 0 Å². The summed E-state index contributed by atoms with van der Waals surface area (Å²) in [6, 6.07) is 8.06. The zero-order valence-electron chi connectivity index (χ0n) is 20.4. The summed E-state index contributed by atoms with van der Waals surface area (Å²) in [7, 11) is 3.99. The van der Waals surface area contributed by atoms with Gasteiger partial charge in [0.2, 0.25) is 5.91 Å². The predicted octanol–water partition coefficient (Wildman–Crippen LogP) is 5.82. The summed E-state index contributed by atoms with van der Waals surface area (Å²) < 4.78 is 0. The molecule has 1 saturated carbocycles. The van der Waals surface area contributed by atoms with E-state index < -0.39 is 0 Å². The van der Waals surface area contributed by atoms with Crippen LogP contribution in [-0.4, -0.2) is 36.5 Å². The molecule has 1 fully saturated rings. The summed E-state index contributed by atoms with van der Waals surface area (Å²) in [6.45, 7) is 5.16. The number of fused-ring (bicyclic) bond motifs is 1. The number of rotatable bonds is 5. The van der Waals surface area contributed by atoms with Crippen molar-refractivity contribution >= 4 is 22.6 Å². The van der Waals surface area contributed by atoms with Gasteiger partial charge in [0.05, 0.1) is 5.52 Å². The first-order chi connectivity index (χ1) is 15.4. The summed E-state index contributed by atoms with van der Waals surface area (Å²) in [5.41, 5.74) is 2.36. The molecule has 0 unspecified atom stereocenters. The first-order valence-electron chi connectivity index (χ1n) is 12.3. The first-order valence-corrected chi connectivity index (χ1v) is 12.3. The van der Waals surface area contributed by atoms with Crippen molar-refractivity contribution in [3.05, 3.63) is 41.7 Å². The topological polar surface area (TPSA) is 58.1 Å². The third kappa shape index (κ3) is 7.32. The molecule has 0 aliphatic heterocycles. The van der Waals surface area contributed by atoms with Gasteiger partial charge in [0.15, 0.2) is 0 Å². The number of nitrogens with one attached hydrogen (secondary N) is 1. The second kappa shape index (κ2) is 12.0. The highest BCUT2D eigenvalue weighted by Gasteiger charge is 2.19. The van der Waals surface area contributed by atoms with Gasteiger partial charge in [-0.15, -0.1) is 0 Å². The van der Waals surface area contributed by atoms with Crippen molar-refractivity contribution in [1.82, 2.24) is 15.3 Å². The van der Waals surface area contributed by atoms with Crippen molar-refractivity contribution in [2.24, 2.45) is 11.8 Å². The lowest BCUT2D eigenvalue weighted by molar-refractivity contribution is -0.120. The fourth-order valence-corrected chi connectivity index (χ4v) is 4.64. The fourth-order valence-electron chi connectivity index (χ4n) is 4.64. The predicted molar refractivity (Wildman–Crippen MR) is 134 cm³/mol. The Morgan fingerprint density at radius 3 is 2.53 bits per heavy atom. The molecule has 0 saturated heterocycles. The highest BCUT2D eigenvalue weighted by Crippen LogP contribution is 2.28. The van der Waals surface area contributed by atoms with Gasteiger partial charge in [-0.1, -0.05) is 43.5 Å². The number of benzene rings is 1. The van der Waals surface area contributed by atoms with Crippen LogP contribution in [0.25, 0.3) is 10.9 Å². The first kappa shape index (κ1) is 24.2. The molecule has 1 aromatic carbocycles. The molecule has 5 nitrogen and oxygen atoms in total. The van der Waals surface area contributed by atoms with Crippen LogP contribution in [0.3, 0.4) is 0 Å². The van der Waals surface area contributed by atoms with E-state index in [0.717, 1.165) is 47.3 Å². The largest absolute Gasteiger partial charge is 0.362 e. The van der Waals surface area contributed by atoms with Crippen LogP contribution in [0.15, 0.2) is 35.9 Å². The van der Waals surface area contributed by atoms with E-state index in [1.165, 1.54) is 50.5 Å². The van der Waals surface area contributed by atoms with Crippen molar-refractivity contribution in [3.63, 3.8) is 0 Å². The number of nitrogens with zero attached hydrogens (tertiary/aromatic N) is 3. The Morgan fingerprint density at radius 2 is 1.84 bits per heavy atom. The molecule has 0 radical (unpaired) electrons. The van der Waals surface area contributed by atoms with Crippen molar-refractivity contribution in [3.8, 4) is 0 Å². The average Bonchev–Trinajstić information content (AvgIpc) is 2.79. The standard InChI is InChI=1S/C16H27NO.C11H13N3/c1-13-7-9-15(10-8-13)12-17-16(18)11-14-5-3-2-4-6-14;1-8-12-10-7-5-4-6-9(10)11(13-8)14(2)3/h5,13,15H,2-4,6-12H2,1H3,(H,17,18);4-7H,1-3H3. The molecule has 1 aromatic heterocycles. The zero-order valence-corrected chi connectivity index (χ0v) is 20.4. The van der Waals surface area contributed by atoms with Gasteiger partial charge in [0.1, 0.15) is 11.6 Å². The number of carbonyl (C=O) groups is 1. The summed E-state index contributed by atoms with van der Waals surface area (Å²) in [6.07, 6.45) is 13.0. The van der Waals surface area contributed by atoms with E-state index in [2.05, 4.69) is 28.3 Å². The van der Waals surface area contributed by atoms with Crippen molar-refractivity contribution in [2.75, 3.05) is 25.5 Å². The second-order valence-electron chi connectivity index (χ2n) is 9.72. The van der Waals surface area contributed by atoms with Crippen LogP contribution in [0, 0.1) is 18.8 Å². The number of amides is 1. The molecule has 2 aliphatic carbocycles. The number of allylic oxidation sites excluding steroid dienone is 1. The molecule has 1 amide bonds. The van der Waals surface area contributed by atoms with E-state index in [-0.39, 0.29) is 5.91 Å². The Bertz CT molecular complexity index is 913. The molecular weight excluding hydrogens is 396 g/mol. The quantitative estimate of drug-likeness (QED) is 0.600. The average molecular weight is 437 g/mol. The monoisotopic (exact) mass is 436 g/mol. The molecule has 4 rings (SSSR count). The third-order valence-electron chi connectivity index (χ3n) is 6.61. The van der Waals surface area contributed by atoms with Crippen molar-refractivity contribution < 1.29 is 4.79 Å². The molecule has 2 aromatic rings. The molecule has 0 spiro atoms. The van der Waals surface area contributed by atoms with Gasteiger partial charge >= 0.3 is 0 Å². The number of hydrogen-bond acceptors (Lipinski definition) is 4. The van der Waals surface area contributed by atoms with Gasteiger partial charge in [0, 0.05) is 32.4 Å². The van der Waals surface area contributed by atoms with Gasteiger partial charge < -0.3 is 10.2 Å². The highest BCUT2D eigenvalue weighted by molar-refractivity contribution is 5.89. The molecule has 1 heterocycles. The lowest BCUT2D eigenvalue weighted by Gasteiger charge is -2.26. The summed E-state index contributed by atoms with van der Waals surface area (Å²) >= 11 is 0. The molecule has 32 heavy (non-hydrogen) atoms. The molecule has 0 atom stereocenters. The summed E-state index contributed by atoms with van der Waals surface area (Å²) in [4.78, 5) is 22.7. The van der Waals surface area contributed by atoms with Crippen LogP contribution in [0.4, 0.5) is 5.82 Å². The Kier molecular flexibility index (Phi) is 9.07. The van der Waals surface area contributed by atoms with Crippen LogP contribution in [-0.2, 0) is 4.79 Å². The minimum Gasteiger partial charge on any atom is -0.362 e. The van der Waals surface area contributed by atoms with Gasteiger partial charge in [-0.3, -0.25) is 4.79 Å². The lowest BCUT2D eigenvalue weighted by atomic mass is 9.83. The zero-order chi connectivity index (χ0) is 22.9. The van der Waals surface area contributed by atoms with Crippen molar-refractivity contribution in [1.29, 1.82) is 0 Å². The Hall–Kier alpha value is -2.43. The van der Waals surface area contributed by atoms with E-state index in [1.54, 1.807) is 0 Å². The Morgan fingerprint density at radius 1 is 1.09 bits per heavy atom. The highest BCUT2D eigenvalue weighted by atomic mass is 16.1. The van der Waals surface area contributed by atoms with Gasteiger partial charge in [-0.2, -0.15) is 0 Å². The number of hydrogen-bond donors (Lipinski definition) is 1. The number of aromatic nitrogens is 2. The van der Waals surface area contributed by atoms with Crippen molar-refractivity contribution in [2.45, 2.75) is 71.6 Å². The molecule has 2 aliphatic rings. The molecule has 5 heteroatoms. The maximum Gasteiger partial charge on any atom is 0.224 e. The van der Waals surface area contributed by atoms with E-state index in [0.29, 0.717) is 6.42 Å². The van der Waals surface area contributed by atoms with Gasteiger partial charge in [-0.25, -0.2) is 9.97 Å². The normalized spacial score (nSPS) is 20.7. The third-order valence-corrected chi connectivity index (χ3v) is 6.61. The van der Waals surface area contributed by atoms with E-state index in [4.69, 9.17) is 0 Å². The lowest BCUT2D eigenvalue weighted by Crippen LogP contribution is -2.31. The van der Waals surface area contributed by atoms with Crippen LogP contribution in [0.1, 0.15) is 70.5 Å². The number of anilines is 1. The second-order valence-corrected chi connectivity index (χ2v) is 9.72. The van der Waals surface area contributed by atoms with Gasteiger partial charge in [-0.05, 0) is 69.4 Å². The smallest absolute Gasteiger partial charge is 0.224 e. The van der Waals surface area contributed by atoms with E-state index in [9.17, 15) is 4.79 Å². The van der Waals surface area contributed by atoms with Crippen LogP contribution in [0.5, 0.6) is 0 Å².